The van der Waals surface area contributed by atoms with Gasteiger partial charge in [-0.1, -0.05) is 6.07 Å². The van der Waals surface area contributed by atoms with E-state index >= 15 is 0 Å². The van der Waals surface area contributed by atoms with Gasteiger partial charge in [0.1, 0.15) is 5.41 Å². The summed E-state index contributed by atoms with van der Waals surface area (Å²) in [6, 6.07) is 8.14. The summed E-state index contributed by atoms with van der Waals surface area (Å²) in [4.78, 5) is 38.2. The van der Waals surface area contributed by atoms with E-state index in [-0.39, 0.29) is 11.9 Å². The number of esters is 1. The van der Waals surface area contributed by atoms with Crippen molar-refractivity contribution in [3.05, 3.63) is 65.4 Å². The van der Waals surface area contributed by atoms with Crippen LogP contribution in [0.2, 0.25) is 0 Å². The molecule has 0 aromatic carbocycles. The van der Waals surface area contributed by atoms with Crippen molar-refractivity contribution in [3.8, 4) is 5.82 Å². The first-order valence-corrected chi connectivity index (χ1v) is 14.8. The predicted molar refractivity (Wildman–Crippen MR) is 153 cm³/mol. The first-order valence-electron chi connectivity index (χ1n) is 14.8. The highest BCUT2D eigenvalue weighted by Gasteiger charge is 2.46. The molecule has 0 bridgehead atoms. The Labute approximate surface area is 240 Å². The fourth-order valence-electron chi connectivity index (χ4n) is 6.23. The highest BCUT2D eigenvalue weighted by Crippen LogP contribution is 2.42. The van der Waals surface area contributed by atoms with E-state index in [4.69, 9.17) is 9.47 Å². The van der Waals surface area contributed by atoms with Gasteiger partial charge in [-0.25, -0.2) is 9.67 Å². The Morgan fingerprint density at radius 2 is 1.80 bits per heavy atom. The molecular formula is C31H38N6O4. The average molecular weight is 559 g/mol. The van der Waals surface area contributed by atoms with E-state index in [1.807, 2.05) is 38.2 Å². The van der Waals surface area contributed by atoms with E-state index in [1.54, 1.807) is 17.1 Å². The summed E-state index contributed by atoms with van der Waals surface area (Å²) in [5, 5.41) is 7.35. The van der Waals surface area contributed by atoms with E-state index in [1.165, 1.54) is 18.4 Å². The lowest BCUT2D eigenvalue weighted by atomic mass is 9.69. The summed E-state index contributed by atoms with van der Waals surface area (Å²) >= 11 is 0. The quantitative estimate of drug-likeness (QED) is 0.410. The lowest BCUT2D eigenvalue weighted by molar-refractivity contribution is -0.152. The summed E-state index contributed by atoms with van der Waals surface area (Å²) < 4.78 is 12.7. The molecule has 10 nitrogen and oxygen atoms in total. The highest BCUT2D eigenvalue weighted by molar-refractivity contribution is 6.04. The number of hydrogen-bond donors (Lipinski definition) is 1. The zero-order valence-electron chi connectivity index (χ0n) is 23.8. The number of amides is 1. The number of anilines is 1. The molecule has 1 aliphatic heterocycles. The van der Waals surface area contributed by atoms with Gasteiger partial charge in [0, 0.05) is 25.3 Å². The summed E-state index contributed by atoms with van der Waals surface area (Å²) in [5.74, 6) is 0.828. The van der Waals surface area contributed by atoms with Gasteiger partial charge in [-0.3, -0.25) is 19.5 Å². The molecule has 3 aromatic heterocycles. The highest BCUT2D eigenvalue weighted by atomic mass is 16.5. The fraction of sp³-hybridized carbons (Fsp3) is 0.516. The van der Waals surface area contributed by atoms with Crippen LogP contribution in [0.15, 0.2) is 42.9 Å². The zero-order chi connectivity index (χ0) is 28.4. The maximum Gasteiger partial charge on any atom is 0.318 e. The molecular weight excluding hydrogens is 520 g/mol. The van der Waals surface area contributed by atoms with Crippen LogP contribution in [-0.2, 0) is 19.7 Å². The van der Waals surface area contributed by atoms with E-state index < -0.39 is 5.41 Å². The van der Waals surface area contributed by atoms with Crippen LogP contribution in [0.1, 0.15) is 78.7 Å². The standard InChI is InChI=1S/C31H38N6O4/c1-3-41-30(39)31(12-10-25(11-13-31)36-14-16-40-17-15-36)27-8-7-24(19-32-27)35-29(38)26-20-34-37(21(26)2)28-9-6-23(18-33-28)22-4-5-22/h6-9,18-20,22,25H,3-5,10-17H2,1-2H3,(H,35,38). The van der Waals surface area contributed by atoms with Crippen molar-refractivity contribution < 1.29 is 19.1 Å². The Balaban J connectivity index is 1.14. The van der Waals surface area contributed by atoms with E-state index in [9.17, 15) is 9.59 Å². The summed E-state index contributed by atoms with van der Waals surface area (Å²) in [7, 11) is 0. The summed E-state index contributed by atoms with van der Waals surface area (Å²) in [6.07, 6.45) is 10.7. The molecule has 3 aromatic rings. The smallest absolute Gasteiger partial charge is 0.318 e. The number of rotatable bonds is 8. The van der Waals surface area contributed by atoms with Crippen molar-refractivity contribution in [2.45, 2.75) is 69.7 Å². The molecule has 0 atom stereocenters. The molecule has 6 rings (SSSR count). The number of hydrogen-bond acceptors (Lipinski definition) is 8. The van der Waals surface area contributed by atoms with Crippen LogP contribution in [0.5, 0.6) is 0 Å². The number of nitrogens with zero attached hydrogens (tertiary/aromatic N) is 5. The Hall–Kier alpha value is -3.63. The minimum absolute atomic E-state index is 0.216. The Morgan fingerprint density at radius 3 is 2.44 bits per heavy atom. The first kappa shape index (κ1) is 27.5. The van der Waals surface area contributed by atoms with Gasteiger partial charge >= 0.3 is 5.97 Å². The molecule has 0 radical (unpaired) electrons. The number of ether oxygens (including phenoxy) is 2. The van der Waals surface area contributed by atoms with Crippen LogP contribution >= 0.6 is 0 Å². The van der Waals surface area contributed by atoms with Gasteiger partial charge in [-0.15, -0.1) is 0 Å². The molecule has 2 aliphatic carbocycles. The van der Waals surface area contributed by atoms with Gasteiger partial charge < -0.3 is 14.8 Å². The van der Waals surface area contributed by atoms with Crippen molar-refractivity contribution >= 4 is 17.6 Å². The van der Waals surface area contributed by atoms with Crippen LogP contribution in [0, 0.1) is 6.92 Å². The van der Waals surface area contributed by atoms with Crippen molar-refractivity contribution in [2.75, 3.05) is 38.2 Å². The molecule has 41 heavy (non-hydrogen) atoms. The molecule has 3 aliphatic rings. The number of aromatic nitrogens is 4. The number of nitrogens with one attached hydrogen (secondary N) is 1. The molecule has 10 heteroatoms. The van der Waals surface area contributed by atoms with Crippen LogP contribution in [0.25, 0.3) is 5.82 Å². The number of carbonyl (C=O) groups is 2. The zero-order valence-corrected chi connectivity index (χ0v) is 23.8. The molecule has 4 heterocycles. The molecule has 2 saturated carbocycles. The van der Waals surface area contributed by atoms with E-state index in [2.05, 4.69) is 31.3 Å². The maximum absolute atomic E-state index is 13.3. The number of morpholine rings is 1. The first-order chi connectivity index (χ1) is 20.0. The second kappa shape index (κ2) is 11.7. The van der Waals surface area contributed by atoms with Crippen LogP contribution in [0.4, 0.5) is 5.69 Å². The van der Waals surface area contributed by atoms with Gasteiger partial charge in [0.25, 0.3) is 5.91 Å². The second-order valence-corrected chi connectivity index (χ2v) is 11.3. The number of pyridine rings is 2. The molecule has 1 N–H and O–H groups in total. The normalized spacial score (nSPS) is 23.2. The van der Waals surface area contributed by atoms with Crippen molar-refractivity contribution in [1.82, 2.24) is 24.6 Å². The Kier molecular flexibility index (Phi) is 7.86. The van der Waals surface area contributed by atoms with Gasteiger partial charge in [0.2, 0.25) is 0 Å². The molecule has 1 saturated heterocycles. The van der Waals surface area contributed by atoms with Crippen LogP contribution < -0.4 is 5.32 Å². The predicted octanol–water partition coefficient (Wildman–Crippen LogP) is 4.18. The van der Waals surface area contributed by atoms with Crippen molar-refractivity contribution in [3.63, 3.8) is 0 Å². The third-order valence-electron chi connectivity index (χ3n) is 8.84. The van der Waals surface area contributed by atoms with E-state index in [0.717, 1.165) is 39.1 Å². The molecule has 1 amide bonds. The van der Waals surface area contributed by atoms with Gasteiger partial charge in [-0.2, -0.15) is 5.10 Å². The molecule has 3 fully saturated rings. The second-order valence-electron chi connectivity index (χ2n) is 11.3. The Bertz CT molecular complexity index is 1370. The SMILES string of the molecule is CCOC(=O)C1(c2ccc(NC(=O)c3cnn(-c4ccc(C5CC5)cn4)c3C)cn2)CCC(N2CCOCC2)CC1. The van der Waals surface area contributed by atoms with Crippen molar-refractivity contribution in [1.29, 1.82) is 0 Å². The Morgan fingerprint density at radius 1 is 1.02 bits per heavy atom. The lowest BCUT2D eigenvalue weighted by Crippen LogP contribution is -2.49. The molecule has 0 spiro atoms. The third kappa shape index (κ3) is 5.63. The van der Waals surface area contributed by atoms with Crippen LogP contribution in [0.3, 0.4) is 0 Å². The monoisotopic (exact) mass is 558 g/mol. The topological polar surface area (TPSA) is 111 Å². The summed E-state index contributed by atoms with van der Waals surface area (Å²) in [6.45, 7) is 7.42. The van der Waals surface area contributed by atoms with Gasteiger partial charge in [0.05, 0.1) is 54.9 Å². The molecule has 216 valence electrons. The lowest BCUT2D eigenvalue weighted by Gasteiger charge is -2.42. The van der Waals surface area contributed by atoms with Gasteiger partial charge in [0.15, 0.2) is 5.82 Å². The molecule has 0 unspecified atom stereocenters. The average Bonchev–Trinajstić information content (AvgIpc) is 3.79. The number of carbonyl (C=O) groups excluding carboxylic acids is 2. The minimum Gasteiger partial charge on any atom is -0.465 e. The van der Waals surface area contributed by atoms with Gasteiger partial charge in [-0.05, 0) is 82.1 Å². The van der Waals surface area contributed by atoms with E-state index in [0.29, 0.717) is 59.9 Å². The van der Waals surface area contributed by atoms with Crippen LogP contribution in [-0.4, -0.2) is 75.5 Å². The minimum atomic E-state index is -0.777. The third-order valence-corrected chi connectivity index (χ3v) is 8.84. The fourth-order valence-corrected chi connectivity index (χ4v) is 6.23. The summed E-state index contributed by atoms with van der Waals surface area (Å²) in [5.41, 5.74) is 2.89. The van der Waals surface area contributed by atoms with Crippen molar-refractivity contribution in [2.24, 2.45) is 0 Å². The maximum atomic E-state index is 13.3. The largest absolute Gasteiger partial charge is 0.465 e.